The molecule has 7 nitrogen and oxygen atoms in total. The first kappa shape index (κ1) is 15.8. The summed E-state index contributed by atoms with van der Waals surface area (Å²) in [6.07, 6.45) is 4.31. The number of aryl methyl sites for hydroxylation is 1. The highest BCUT2D eigenvalue weighted by atomic mass is 16.5. The number of pyridine rings is 1. The molecule has 0 atom stereocenters. The first-order valence-corrected chi connectivity index (χ1v) is 8.63. The maximum absolute atomic E-state index is 12.5. The van der Waals surface area contributed by atoms with Gasteiger partial charge in [0.2, 0.25) is 11.7 Å². The molecule has 0 bridgehead atoms. The molecular formula is C18H21N5O2. The van der Waals surface area contributed by atoms with Crippen LogP contribution in [0, 0.1) is 6.92 Å². The first-order chi connectivity index (χ1) is 12.0. The van der Waals surface area contributed by atoms with Crippen LogP contribution in [-0.4, -0.2) is 24.5 Å². The van der Waals surface area contributed by atoms with E-state index in [-0.39, 0.29) is 5.43 Å². The summed E-state index contributed by atoms with van der Waals surface area (Å²) >= 11 is 0. The molecule has 130 valence electrons. The molecule has 1 aliphatic heterocycles. The molecule has 7 heteroatoms. The Morgan fingerprint density at radius 3 is 2.96 bits per heavy atom. The highest BCUT2D eigenvalue weighted by Gasteiger charge is 2.23. The largest absolute Gasteiger partial charge is 0.348 e. The van der Waals surface area contributed by atoms with E-state index in [9.17, 15) is 4.79 Å². The first-order valence-electron chi connectivity index (χ1n) is 8.63. The predicted octanol–water partition coefficient (Wildman–Crippen LogP) is 2.52. The fourth-order valence-corrected chi connectivity index (χ4v) is 3.39. The van der Waals surface area contributed by atoms with Gasteiger partial charge in [-0.2, -0.15) is 10.1 Å². The van der Waals surface area contributed by atoms with Gasteiger partial charge in [-0.3, -0.25) is 9.48 Å². The number of nitrogens with zero attached hydrogens (tertiary/aromatic N) is 5. The van der Waals surface area contributed by atoms with Gasteiger partial charge in [0.1, 0.15) is 0 Å². The minimum absolute atomic E-state index is 0.0397. The van der Waals surface area contributed by atoms with Crippen LogP contribution in [0.4, 0.5) is 0 Å². The van der Waals surface area contributed by atoms with Gasteiger partial charge in [0.25, 0.3) is 0 Å². The molecule has 0 N–H and O–H groups in total. The van der Waals surface area contributed by atoms with Crippen molar-refractivity contribution in [3.05, 3.63) is 51.5 Å². The van der Waals surface area contributed by atoms with Crippen molar-refractivity contribution in [3.63, 3.8) is 0 Å². The van der Waals surface area contributed by atoms with E-state index in [1.165, 1.54) is 0 Å². The summed E-state index contributed by atoms with van der Waals surface area (Å²) in [7, 11) is 0. The van der Waals surface area contributed by atoms with Crippen molar-refractivity contribution in [2.75, 3.05) is 0 Å². The lowest BCUT2D eigenvalue weighted by atomic mass is 10.1. The van der Waals surface area contributed by atoms with Crippen molar-refractivity contribution in [2.24, 2.45) is 0 Å². The van der Waals surface area contributed by atoms with E-state index >= 15 is 0 Å². The third-order valence-corrected chi connectivity index (χ3v) is 4.64. The van der Waals surface area contributed by atoms with Gasteiger partial charge in [-0.15, -0.1) is 0 Å². The number of hydrogen-bond acceptors (Lipinski definition) is 5. The number of fused-ring (bicyclic) bond motifs is 1. The van der Waals surface area contributed by atoms with Crippen molar-refractivity contribution in [2.45, 2.75) is 52.6 Å². The fraction of sp³-hybridized carbons (Fsp3) is 0.444. The summed E-state index contributed by atoms with van der Waals surface area (Å²) in [4.78, 5) is 17.0. The molecule has 0 radical (unpaired) electrons. The zero-order chi connectivity index (χ0) is 17.6. The summed E-state index contributed by atoms with van der Waals surface area (Å²) < 4.78 is 9.45. The van der Waals surface area contributed by atoms with Crippen LogP contribution in [0.15, 0.2) is 27.6 Å². The molecule has 3 aromatic heterocycles. The minimum atomic E-state index is -0.0397. The van der Waals surface area contributed by atoms with E-state index in [0.717, 1.165) is 36.5 Å². The van der Waals surface area contributed by atoms with Crippen LogP contribution in [-0.2, 0) is 19.4 Å². The number of hydrogen-bond donors (Lipinski definition) is 0. The number of aromatic nitrogens is 5. The zero-order valence-corrected chi connectivity index (χ0v) is 14.7. The van der Waals surface area contributed by atoms with Gasteiger partial charge in [0.05, 0.1) is 17.7 Å². The Balaban J connectivity index is 1.66. The SMILES string of the molecule is Cc1cc(=O)c(-c2noc(Cc3ccn(C(C)C)n3)n2)c2n1CCC2. The highest BCUT2D eigenvalue weighted by Crippen LogP contribution is 2.25. The van der Waals surface area contributed by atoms with Gasteiger partial charge in [-0.1, -0.05) is 5.16 Å². The van der Waals surface area contributed by atoms with Crippen molar-refractivity contribution < 1.29 is 4.52 Å². The lowest BCUT2D eigenvalue weighted by Gasteiger charge is -2.10. The molecule has 1 aliphatic rings. The van der Waals surface area contributed by atoms with Crippen molar-refractivity contribution in [1.29, 1.82) is 0 Å². The molecule has 0 spiro atoms. The average Bonchev–Trinajstić information content (AvgIpc) is 3.28. The van der Waals surface area contributed by atoms with Gasteiger partial charge in [0, 0.05) is 36.2 Å². The van der Waals surface area contributed by atoms with Crippen molar-refractivity contribution >= 4 is 0 Å². The van der Waals surface area contributed by atoms with Gasteiger partial charge in [-0.25, -0.2) is 0 Å². The third kappa shape index (κ3) is 2.79. The Labute approximate surface area is 145 Å². The Morgan fingerprint density at radius 1 is 1.36 bits per heavy atom. The molecule has 3 aromatic rings. The summed E-state index contributed by atoms with van der Waals surface area (Å²) in [6, 6.07) is 3.91. The molecule has 25 heavy (non-hydrogen) atoms. The Bertz CT molecular complexity index is 980. The highest BCUT2D eigenvalue weighted by molar-refractivity contribution is 5.58. The molecule has 4 rings (SSSR count). The molecule has 0 aliphatic carbocycles. The molecule has 0 saturated carbocycles. The molecule has 4 heterocycles. The molecular weight excluding hydrogens is 318 g/mol. The minimum Gasteiger partial charge on any atom is -0.348 e. The Kier molecular flexibility index (Phi) is 3.78. The maximum Gasteiger partial charge on any atom is 0.233 e. The molecule has 0 saturated heterocycles. The smallest absolute Gasteiger partial charge is 0.233 e. The second-order valence-electron chi connectivity index (χ2n) is 6.80. The Hall–Kier alpha value is -2.70. The topological polar surface area (TPSA) is 78.7 Å². The molecule has 0 unspecified atom stereocenters. The van der Waals surface area contributed by atoms with E-state index < -0.39 is 0 Å². The zero-order valence-electron chi connectivity index (χ0n) is 14.7. The van der Waals surface area contributed by atoms with Crippen LogP contribution in [0.5, 0.6) is 0 Å². The average molecular weight is 339 g/mol. The van der Waals surface area contributed by atoms with Crippen LogP contribution in [0.3, 0.4) is 0 Å². The van der Waals surface area contributed by atoms with Crippen LogP contribution in [0.1, 0.15) is 49.3 Å². The van der Waals surface area contributed by atoms with E-state index in [0.29, 0.717) is 29.7 Å². The van der Waals surface area contributed by atoms with E-state index in [1.54, 1.807) is 6.07 Å². The van der Waals surface area contributed by atoms with Crippen molar-refractivity contribution in [1.82, 2.24) is 24.5 Å². The normalized spacial score (nSPS) is 13.6. The third-order valence-electron chi connectivity index (χ3n) is 4.64. The summed E-state index contributed by atoms with van der Waals surface area (Å²) in [5.74, 6) is 0.856. The lowest BCUT2D eigenvalue weighted by molar-refractivity contribution is 0.384. The fourth-order valence-electron chi connectivity index (χ4n) is 3.39. The monoisotopic (exact) mass is 339 g/mol. The maximum atomic E-state index is 12.5. The van der Waals surface area contributed by atoms with Crippen molar-refractivity contribution in [3.8, 4) is 11.4 Å². The summed E-state index contributed by atoms with van der Waals surface area (Å²) in [5, 5.41) is 8.56. The lowest BCUT2D eigenvalue weighted by Crippen LogP contribution is -2.15. The molecule has 0 aromatic carbocycles. The second kappa shape index (κ2) is 5.98. The summed E-state index contributed by atoms with van der Waals surface area (Å²) in [6.45, 7) is 7.05. The van der Waals surface area contributed by atoms with Crippen LogP contribution in [0.2, 0.25) is 0 Å². The second-order valence-corrected chi connectivity index (χ2v) is 6.80. The van der Waals surface area contributed by atoms with Crippen LogP contribution in [0.25, 0.3) is 11.4 Å². The van der Waals surface area contributed by atoms with Gasteiger partial charge in [-0.05, 0) is 39.7 Å². The number of rotatable bonds is 4. The molecule has 0 amide bonds. The van der Waals surface area contributed by atoms with Gasteiger partial charge < -0.3 is 9.09 Å². The Morgan fingerprint density at radius 2 is 2.20 bits per heavy atom. The van der Waals surface area contributed by atoms with E-state index in [2.05, 4.69) is 33.7 Å². The quantitative estimate of drug-likeness (QED) is 0.730. The van der Waals surface area contributed by atoms with Crippen LogP contribution >= 0.6 is 0 Å². The van der Waals surface area contributed by atoms with E-state index in [4.69, 9.17) is 4.52 Å². The molecule has 0 fully saturated rings. The predicted molar refractivity (Wildman–Crippen MR) is 92.5 cm³/mol. The summed E-state index contributed by atoms with van der Waals surface area (Å²) in [5.41, 5.74) is 3.41. The van der Waals surface area contributed by atoms with Crippen LogP contribution < -0.4 is 5.43 Å². The standard InChI is InChI=1S/C18H21N5O2/c1-11(2)23-8-6-13(20-23)10-16-19-18(21-25-16)17-14-5-4-7-22(14)12(3)9-15(17)24/h6,8-9,11H,4-5,7,10H2,1-3H3. The van der Waals surface area contributed by atoms with Gasteiger partial charge >= 0.3 is 0 Å². The van der Waals surface area contributed by atoms with Gasteiger partial charge in [0.15, 0.2) is 5.43 Å². The van der Waals surface area contributed by atoms with E-state index in [1.807, 2.05) is 23.9 Å².